The standard InChI is InChI=1S/C22H22BrNO5/c1-14(25)24-20(15-3-6-18(27-2)7-4-15)13-22(26)28-10-9-19-12-16-11-17(23)5-8-21(16)29-19/h3-8,11-12,20H,9-10,13H2,1-2H3,(H,24,25). The molecule has 29 heavy (non-hydrogen) atoms. The quantitative estimate of drug-likeness (QED) is 0.499. The van der Waals surface area contributed by atoms with Crippen molar-refractivity contribution in [3.05, 3.63) is 64.3 Å². The second kappa shape index (κ2) is 9.60. The van der Waals surface area contributed by atoms with Crippen LogP contribution in [0.1, 0.15) is 30.7 Å². The number of rotatable bonds is 8. The van der Waals surface area contributed by atoms with Crippen molar-refractivity contribution >= 4 is 38.8 Å². The van der Waals surface area contributed by atoms with E-state index in [-0.39, 0.29) is 18.9 Å². The van der Waals surface area contributed by atoms with E-state index in [9.17, 15) is 9.59 Å². The highest BCUT2D eigenvalue weighted by Crippen LogP contribution is 2.24. The first-order chi connectivity index (χ1) is 13.9. The third kappa shape index (κ3) is 5.84. The summed E-state index contributed by atoms with van der Waals surface area (Å²) in [5.41, 5.74) is 1.60. The summed E-state index contributed by atoms with van der Waals surface area (Å²) in [7, 11) is 1.58. The van der Waals surface area contributed by atoms with Crippen LogP contribution in [0, 0.1) is 0 Å². The molecule has 6 nitrogen and oxygen atoms in total. The van der Waals surface area contributed by atoms with Crippen molar-refractivity contribution in [1.82, 2.24) is 5.32 Å². The van der Waals surface area contributed by atoms with Crippen molar-refractivity contribution < 1.29 is 23.5 Å². The van der Waals surface area contributed by atoms with E-state index in [0.717, 1.165) is 26.8 Å². The van der Waals surface area contributed by atoms with Gasteiger partial charge < -0.3 is 19.2 Å². The third-order valence-corrected chi connectivity index (χ3v) is 4.90. The van der Waals surface area contributed by atoms with Crippen LogP contribution in [0.15, 0.2) is 57.4 Å². The number of hydrogen-bond donors (Lipinski definition) is 1. The molecule has 1 heterocycles. The second-order valence-corrected chi connectivity index (χ2v) is 7.51. The summed E-state index contributed by atoms with van der Waals surface area (Å²) in [4.78, 5) is 23.8. The zero-order chi connectivity index (χ0) is 20.8. The van der Waals surface area contributed by atoms with E-state index in [1.165, 1.54) is 6.92 Å². The molecule has 0 radical (unpaired) electrons. The third-order valence-electron chi connectivity index (χ3n) is 4.41. The second-order valence-electron chi connectivity index (χ2n) is 6.60. The van der Waals surface area contributed by atoms with Crippen LogP contribution in [-0.4, -0.2) is 25.6 Å². The normalized spacial score (nSPS) is 11.8. The molecule has 1 unspecified atom stereocenters. The highest BCUT2D eigenvalue weighted by atomic mass is 79.9. The Bertz CT molecular complexity index is 996. The summed E-state index contributed by atoms with van der Waals surface area (Å²) in [6.07, 6.45) is 0.518. The zero-order valence-electron chi connectivity index (χ0n) is 16.2. The largest absolute Gasteiger partial charge is 0.497 e. The van der Waals surface area contributed by atoms with E-state index in [0.29, 0.717) is 12.2 Å². The van der Waals surface area contributed by atoms with Crippen molar-refractivity contribution in [3.63, 3.8) is 0 Å². The Labute approximate surface area is 177 Å². The lowest BCUT2D eigenvalue weighted by Gasteiger charge is -2.18. The molecular formula is C22H22BrNO5. The molecule has 1 N–H and O–H groups in total. The van der Waals surface area contributed by atoms with E-state index in [4.69, 9.17) is 13.9 Å². The van der Waals surface area contributed by atoms with Crippen molar-refractivity contribution in [1.29, 1.82) is 0 Å². The summed E-state index contributed by atoms with van der Waals surface area (Å²) < 4.78 is 17.2. The van der Waals surface area contributed by atoms with E-state index in [1.54, 1.807) is 19.2 Å². The van der Waals surface area contributed by atoms with Gasteiger partial charge in [0.2, 0.25) is 5.91 Å². The number of nitrogens with one attached hydrogen (secondary N) is 1. The lowest BCUT2D eigenvalue weighted by atomic mass is 10.0. The molecule has 1 aromatic heterocycles. The van der Waals surface area contributed by atoms with Gasteiger partial charge in [0.1, 0.15) is 17.1 Å². The smallest absolute Gasteiger partial charge is 0.308 e. The monoisotopic (exact) mass is 459 g/mol. The van der Waals surface area contributed by atoms with Gasteiger partial charge in [-0.2, -0.15) is 0 Å². The fraction of sp³-hybridized carbons (Fsp3) is 0.273. The van der Waals surface area contributed by atoms with Crippen LogP contribution in [0.4, 0.5) is 0 Å². The lowest BCUT2D eigenvalue weighted by molar-refractivity contribution is -0.144. The van der Waals surface area contributed by atoms with Crippen molar-refractivity contribution in [2.24, 2.45) is 0 Å². The zero-order valence-corrected chi connectivity index (χ0v) is 17.8. The first-order valence-corrected chi connectivity index (χ1v) is 9.98. The van der Waals surface area contributed by atoms with Gasteiger partial charge in [-0.25, -0.2) is 0 Å². The minimum atomic E-state index is -0.463. The van der Waals surface area contributed by atoms with E-state index >= 15 is 0 Å². The molecule has 0 fully saturated rings. The maximum atomic E-state index is 12.3. The van der Waals surface area contributed by atoms with E-state index in [1.807, 2.05) is 36.4 Å². The number of esters is 1. The van der Waals surface area contributed by atoms with Crippen LogP contribution in [0.25, 0.3) is 11.0 Å². The predicted octanol–water partition coefficient (Wildman–Crippen LogP) is 4.56. The van der Waals surface area contributed by atoms with Crippen LogP contribution < -0.4 is 10.1 Å². The summed E-state index contributed by atoms with van der Waals surface area (Å²) in [6.45, 7) is 1.62. The Morgan fingerprint density at radius 2 is 1.90 bits per heavy atom. The molecule has 0 aliphatic rings. The van der Waals surface area contributed by atoms with Gasteiger partial charge >= 0.3 is 5.97 Å². The summed E-state index contributed by atoms with van der Waals surface area (Å²) in [5.74, 6) is 0.848. The molecule has 1 atom stereocenters. The highest BCUT2D eigenvalue weighted by molar-refractivity contribution is 9.10. The van der Waals surface area contributed by atoms with Gasteiger partial charge in [0.15, 0.2) is 0 Å². The van der Waals surface area contributed by atoms with E-state index in [2.05, 4.69) is 21.2 Å². The van der Waals surface area contributed by atoms with Crippen LogP contribution in [0.5, 0.6) is 5.75 Å². The molecule has 0 saturated carbocycles. The molecule has 7 heteroatoms. The molecule has 3 rings (SSSR count). The van der Waals surface area contributed by atoms with E-state index < -0.39 is 12.0 Å². The summed E-state index contributed by atoms with van der Waals surface area (Å²) >= 11 is 3.43. The number of halogens is 1. The van der Waals surface area contributed by atoms with Gasteiger partial charge in [-0.1, -0.05) is 28.1 Å². The number of benzene rings is 2. The molecule has 0 saturated heterocycles. The summed E-state index contributed by atoms with van der Waals surface area (Å²) in [6, 6.07) is 14.5. The van der Waals surface area contributed by atoms with Crippen LogP contribution in [0.2, 0.25) is 0 Å². The Hall–Kier alpha value is -2.80. The predicted molar refractivity (Wildman–Crippen MR) is 113 cm³/mol. The number of hydrogen-bond acceptors (Lipinski definition) is 5. The Kier molecular flexibility index (Phi) is 6.93. The molecule has 0 aliphatic heterocycles. The number of fused-ring (bicyclic) bond motifs is 1. The molecule has 1 amide bonds. The molecular weight excluding hydrogens is 438 g/mol. The molecule has 0 spiro atoms. The minimum absolute atomic E-state index is 0.0407. The number of methoxy groups -OCH3 is 1. The maximum absolute atomic E-state index is 12.3. The Balaban J connectivity index is 1.56. The number of furan rings is 1. The fourth-order valence-corrected chi connectivity index (χ4v) is 3.40. The van der Waals surface area contributed by atoms with Crippen LogP contribution in [-0.2, 0) is 20.7 Å². The molecule has 3 aromatic rings. The Morgan fingerprint density at radius 3 is 2.59 bits per heavy atom. The van der Waals surface area contributed by atoms with Crippen LogP contribution in [0.3, 0.4) is 0 Å². The number of ether oxygens (including phenoxy) is 2. The van der Waals surface area contributed by atoms with Crippen molar-refractivity contribution in [2.75, 3.05) is 13.7 Å². The van der Waals surface area contributed by atoms with Gasteiger partial charge in [-0.15, -0.1) is 0 Å². The molecule has 152 valence electrons. The topological polar surface area (TPSA) is 77.8 Å². The average Bonchev–Trinajstić information content (AvgIpc) is 3.09. The van der Waals surface area contributed by atoms with Gasteiger partial charge in [0, 0.05) is 23.2 Å². The van der Waals surface area contributed by atoms with Gasteiger partial charge in [-0.05, 0) is 42.0 Å². The van der Waals surface area contributed by atoms with Crippen molar-refractivity contribution in [2.45, 2.75) is 25.8 Å². The summed E-state index contributed by atoms with van der Waals surface area (Å²) in [5, 5.41) is 3.78. The molecule has 0 bridgehead atoms. The van der Waals surface area contributed by atoms with Gasteiger partial charge in [0.05, 0.1) is 26.2 Å². The fourth-order valence-electron chi connectivity index (χ4n) is 3.02. The molecule has 2 aromatic carbocycles. The Morgan fingerprint density at radius 1 is 1.14 bits per heavy atom. The molecule has 0 aliphatic carbocycles. The lowest BCUT2D eigenvalue weighted by Crippen LogP contribution is -2.28. The van der Waals surface area contributed by atoms with Gasteiger partial charge in [0.25, 0.3) is 0 Å². The van der Waals surface area contributed by atoms with Crippen LogP contribution >= 0.6 is 15.9 Å². The minimum Gasteiger partial charge on any atom is -0.497 e. The first kappa shape index (κ1) is 20.9. The average molecular weight is 460 g/mol. The van der Waals surface area contributed by atoms with Crippen molar-refractivity contribution in [3.8, 4) is 5.75 Å². The first-order valence-electron chi connectivity index (χ1n) is 9.19. The maximum Gasteiger partial charge on any atom is 0.308 e. The SMILES string of the molecule is COc1ccc(C(CC(=O)OCCc2cc3cc(Br)ccc3o2)NC(C)=O)cc1. The van der Waals surface area contributed by atoms with Gasteiger partial charge in [-0.3, -0.25) is 9.59 Å². The number of carbonyl (C=O) groups is 2. The number of amides is 1. The number of carbonyl (C=O) groups excluding carboxylic acids is 2. The highest BCUT2D eigenvalue weighted by Gasteiger charge is 2.18.